The Morgan fingerprint density at radius 3 is 2.21 bits per heavy atom. The van der Waals surface area contributed by atoms with Gasteiger partial charge in [-0.25, -0.2) is 8.42 Å². The van der Waals surface area contributed by atoms with Crippen LogP contribution in [-0.2, 0) is 10.0 Å². The number of carbonyl (C=O) groups excluding carboxylic acids is 1. The number of nitrogens with one attached hydrogen (secondary N) is 1. The maximum atomic E-state index is 13.0. The normalized spacial score (nSPS) is 15.9. The second-order valence-electron chi connectivity index (χ2n) is 7.86. The summed E-state index contributed by atoms with van der Waals surface area (Å²) in [7, 11) is 0.396. The number of sulfonamides is 1. The molecule has 0 saturated carbocycles. The first-order chi connectivity index (χ1) is 13.7. The van der Waals surface area contributed by atoms with Gasteiger partial charge >= 0.3 is 0 Å². The van der Waals surface area contributed by atoms with E-state index >= 15 is 0 Å². The van der Waals surface area contributed by atoms with Crippen LogP contribution in [0, 0.1) is 13.8 Å². The summed E-state index contributed by atoms with van der Waals surface area (Å²) in [5, 5.41) is 3.04. The van der Waals surface area contributed by atoms with Crippen LogP contribution in [0.2, 0.25) is 0 Å². The molecule has 0 unspecified atom stereocenters. The van der Waals surface area contributed by atoms with E-state index in [1.165, 1.54) is 4.31 Å². The van der Waals surface area contributed by atoms with Crippen LogP contribution < -0.4 is 10.2 Å². The molecule has 0 bridgehead atoms. The average Bonchev–Trinajstić information content (AvgIpc) is 2.68. The van der Waals surface area contributed by atoms with Gasteiger partial charge in [0.25, 0.3) is 5.91 Å². The molecular weight excluding hydrogens is 386 g/mol. The molecule has 1 saturated heterocycles. The van der Waals surface area contributed by atoms with Crippen LogP contribution in [0.1, 0.15) is 34.3 Å². The third-order valence-corrected chi connectivity index (χ3v) is 7.44. The van der Waals surface area contributed by atoms with Crippen LogP contribution >= 0.6 is 0 Å². The van der Waals surface area contributed by atoms with Crippen molar-refractivity contribution in [2.45, 2.75) is 37.6 Å². The van der Waals surface area contributed by atoms with E-state index in [1.54, 1.807) is 6.07 Å². The van der Waals surface area contributed by atoms with E-state index in [1.807, 2.05) is 69.2 Å². The molecule has 0 aliphatic carbocycles. The first-order valence-electron chi connectivity index (χ1n) is 9.84. The topological polar surface area (TPSA) is 69.7 Å². The summed E-state index contributed by atoms with van der Waals surface area (Å²) in [4.78, 5) is 14.9. The molecule has 1 amide bonds. The molecule has 1 aliphatic heterocycles. The Balaban J connectivity index is 1.60. The summed E-state index contributed by atoms with van der Waals surface area (Å²) in [5.41, 5.74) is 3.45. The minimum atomic E-state index is -3.51. The molecule has 1 heterocycles. The fraction of sp³-hybridized carbons (Fsp3) is 0.409. The quantitative estimate of drug-likeness (QED) is 0.815. The third kappa shape index (κ3) is 4.79. The van der Waals surface area contributed by atoms with Gasteiger partial charge in [-0.3, -0.25) is 4.79 Å². The van der Waals surface area contributed by atoms with Crippen LogP contribution in [-0.4, -0.2) is 51.9 Å². The van der Waals surface area contributed by atoms with Gasteiger partial charge in [-0.1, -0.05) is 17.7 Å². The van der Waals surface area contributed by atoms with Crippen LogP contribution in [0.25, 0.3) is 0 Å². The number of amides is 1. The summed E-state index contributed by atoms with van der Waals surface area (Å²) >= 11 is 0. The van der Waals surface area contributed by atoms with Gasteiger partial charge in [-0.2, -0.15) is 4.31 Å². The lowest BCUT2D eigenvalue weighted by Crippen LogP contribution is -2.46. The Hall–Kier alpha value is -2.38. The molecule has 3 rings (SSSR count). The fourth-order valence-corrected chi connectivity index (χ4v) is 5.32. The fourth-order valence-electron chi connectivity index (χ4n) is 3.65. The molecule has 0 atom stereocenters. The number of aryl methyl sites for hydroxylation is 2. The van der Waals surface area contributed by atoms with E-state index in [2.05, 4.69) is 5.32 Å². The van der Waals surface area contributed by atoms with Crippen molar-refractivity contribution in [2.24, 2.45) is 0 Å². The van der Waals surface area contributed by atoms with Crippen LogP contribution in [0.3, 0.4) is 0 Å². The highest BCUT2D eigenvalue weighted by Gasteiger charge is 2.31. The smallest absolute Gasteiger partial charge is 0.251 e. The maximum Gasteiger partial charge on any atom is 0.251 e. The number of benzene rings is 2. The van der Waals surface area contributed by atoms with Crippen molar-refractivity contribution in [2.75, 3.05) is 32.1 Å². The van der Waals surface area contributed by atoms with E-state index in [4.69, 9.17) is 0 Å². The maximum absolute atomic E-state index is 13.0. The third-order valence-electron chi connectivity index (χ3n) is 5.38. The number of carbonyl (C=O) groups is 1. The van der Waals surface area contributed by atoms with Gasteiger partial charge < -0.3 is 10.2 Å². The van der Waals surface area contributed by atoms with Crippen molar-refractivity contribution in [1.82, 2.24) is 9.62 Å². The van der Waals surface area contributed by atoms with Crippen LogP contribution in [0.4, 0.5) is 5.69 Å². The van der Waals surface area contributed by atoms with Gasteiger partial charge in [-0.05, 0) is 62.6 Å². The number of piperidine rings is 1. The molecule has 1 fully saturated rings. The highest BCUT2D eigenvalue weighted by Crippen LogP contribution is 2.24. The number of hydrogen-bond acceptors (Lipinski definition) is 4. The first-order valence-corrected chi connectivity index (χ1v) is 11.3. The summed E-state index contributed by atoms with van der Waals surface area (Å²) in [6.07, 6.45) is 1.21. The minimum Gasteiger partial charge on any atom is -0.378 e. The SMILES string of the molecule is Cc1ccc(S(=O)(=O)N2CCC(NC(=O)c3ccc(N(C)C)cc3)CC2)c(C)c1. The molecule has 0 spiro atoms. The van der Waals surface area contributed by atoms with Gasteiger partial charge in [0.05, 0.1) is 4.90 Å². The summed E-state index contributed by atoms with van der Waals surface area (Å²) in [5.74, 6) is -0.119. The van der Waals surface area contributed by atoms with Crippen LogP contribution in [0.5, 0.6) is 0 Å². The Morgan fingerprint density at radius 1 is 1.03 bits per heavy atom. The van der Waals surface area contributed by atoms with Crippen molar-refractivity contribution in [3.8, 4) is 0 Å². The van der Waals surface area contributed by atoms with E-state index in [-0.39, 0.29) is 11.9 Å². The molecule has 2 aromatic rings. The largest absolute Gasteiger partial charge is 0.378 e. The molecule has 6 nitrogen and oxygen atoms in total. The van der Waals surface area contributed by atoms with Crippen LogP contribution in [0.15, 0.2) is 47.4 Å². The lowest BCUT2D eigenvalue weighted by Gasteiger charge is -2.32. The van der Waals surface area contributed by atoms with Crippen molar-refractivity contribution < 1.29 is 13.2 Å². The Morgan fingerprint density at radius 2 is 1.66 bits per heavy atom. The highest BCUT2D eigenvalue weighted by atomic mass is 32.2. The number of anilines is 1. The van der Waals surface area contributed by atoms with Crippen molar-refractivity contribution in [1.29, 1.82) is 0 Å². The summed E-state index contributed by atoms with van der Waals surface area (Å²) in [6.45, 7) is 4.58. The van der Waals surface area contributed by atoms with Gasteiger partial charge in [-0.15, -0.1) is 0 Å². The highest BCUT2D eigenvalue weighted by molar-refractivity contribution is 7.89. The van der Waals surface area contributed by atoms with E-state index in [0.717, 1.165) is 16.8 Å². The molecule has 1 aliphatic rings. The Bertz CT molecular complexity index is 977. The van der Waals surface area contributed by atoms with E-state index < -0.39 is 10.0 Å². The molecule has 1 N–H and O–H groups in total. The Labute approximate surface area is 173 Å². The molecule has 0 radical (unpaired) electrons. The van der Waals surface area contributed by atoms with Crippen molar-refractivity contribution in [3.05, 3.63) is 59.2 Å². The standard InChI is InChI=1S/C22H29N3O3S/c1-16-5-10-21(17(2)15-16)29(27,28)25-13-11-19(12-14-25)23-22(26)18-6-8-20(9-7-18)24(3)4/h5-10,15,19H,11-14H2,1-4H3,(H,23,26). The molecule has 156 valence electrons. The van der Waals surface area contributed by atoms with Gasteiger partial charge in [0.1, 0.15) is 0 Å². The second kappa shape index (κ2) is 8.55. The second-order valence-corrected chi connectivity index (χ2v) is 9.77. The number of nitrogens with zero attached hydrogens (tertiary/aromatic N) is 2. The van der Waals surface area contributed by atoms with Crippen molar-refractivity contribution in [3.63, 3.8) is 0 Å². The zero-order valence-electron chi connectivity index (χ0n) is 17.5. The van der Waals surface area contributed by atoms with Gasteiger partial charge in [0.15, 0.2) is 0 Å². The summed E-state index contributed by atoms with van der Waals surface area (Å²) in [6, 6.07) is 12.8. The molecule has 29 heavy (non-hydrogen) atoms. The molecule has 0 aromatic heterocycles. The zero-order chi connectivity index (χ0) is 21.2. The van der Waals surface area contributed by atoms with E-state index in [9.17, 15) is 13.2 Å². The Kier molecular flexibility index (Phi) is 6.29. The number of hydrogen-bond donors (Lipinski definition) is 1. The van der Waals surface area contributed by atoms with Crippen molar-refractivity contribution >= 4 is 21.6 Å². The minimum absolute atomic E-state index is 0.0263. The predicted octanol–water partition coefficient (Wildman–Crippen LogP) is 2.95. The lowest BCUT2D eigenvalue weighted by molar-refractivity contribution is 0.0924. The zero-order valence-corrected chi connectivity index (χ0v) is 18.3. The molecular formula is C22H29N3O3S. The lowest BCUT2D eigenvalue weighted by atomic mass is 10.1. The molecule has 7 heteroatoms. The monoisotopic (exact) mass is 415 g/mol. The summed E-state index contributed by atoms with van der Waals surface area (Å²) < 4.78 is 27.5. The van der Waals surface area contributed by atoms with E-state index in [0.29, 0.717) is 36.4 Å². The molecule has 2 aromatic carbocycles. The predicted molar refractivity (Wildman–Crippen MR) is 116 cm³/mol. The first kappa shape index (κ1) is 21.3. The number of rotatable bonds is 5. The average molecular weight is 416 g/mol. The van der Waals surface area contributed by atoms with Gasteiger partial charge in [0.2, 0.25) is 10.0 Å². The van der Waals surface area contributed by atoms with Gasteiger partial charge in [0, 0.05) is 44.5 Å².